The quantitative estimate of drug-likeness (QED) is 0.674. The summed E-state index contributed by atoms with van der Waals surface area (Å²) >= 11 is 4.88. The molecule has 0 aliphatic carbocycles. The molecule has 1 N–H and O–H groups in total. The number of rotatable bonds is 6. The fourth-order valence-corrected chi connectivity index (χ4v) is 2.82. The number of nitrogens with one attached hydrogen (secondary N) is 1. The SMILES string of the molecule is CC(Oc1ccc(Br)cc1)C(=O)NCc1nc(-c2cccs2)no1. The van der Waals surface area contributed by atoms with Crippen molar-refractivity contribution in [3.8, 4) is 16.5 Å². The molecule has 1 amide bonds. The monoisotopic (exact) mass is 407 g/mol. The topological polar surface area (TPSA) is 77.2 Å². The Bertz CT molecular complexity index is 802. The van der Waals surface area contributed by atoms with Gasteiger partial charge >= 0.3 is 0 Å². The van der Waals surface area contributed by atoms with Gasteiger partial charge in [-0.05, 0) is 42.6 Å². The number of carbonyl (C=O) groups excluding carboxylic acids is 1. The number of nitrogens with zero attached hydrogens (tertiary/aromatic N) is 2. The van der Waals surface area contributed by atoms with Crippen molar-refractivity contribution in [1.29, 1.82) is 0 Å². The van der Waals surface area contributed by atoms with Gasteiger partial charge in [0.1, 0.15) is 5.75 Å². The van der Waals surface area contributed by atoms with Crippen molar-refractivity contribution < 1.29 is 14.1 Å². The lowest BCUT2D eigenvalue weighted by molar-refractivity contribution is -0.127. The predicted molar refractivity (Wildman–Crippen MR) is 93.7 cm³/mol. The number of ether oxygens (including phenoxy) is 1. The van der Waals surface area contributed by atoms with E-state index in [9.17, 15) is 4.79 Å². The Balaban J connectivity index is 1.52. The van der Waals surface area contributed by atoms with Crippen LogP contribution in [0.3, 0.4) is 0 Å². The summed E-state index contributed by atoms with van der Waals surface area (Å²) in [6.07, 6.45) is -0.633. The Kier molecular flexibility index (Phi) is 5.27. The zero-order valence-electron chi connectivity index (χ0n) is 12.7. The second-order valence-electron chi connectivity index (χ2n) is 4.92. The average Bonchev–Trinajstić information content (AvgIpc) is 3.25. The minimum atomic E-state index is -0.633. The molecular formula is C16H14BrN3O3S. The summed E-state index contributed by atoms with van der Waals surface area (Å²) < 4.78 is 11.7. The van der Waals surface area contributed by atoms with Gasteiger partial charge in [0.25, 0.3) is 5.91 Å². The van der Waals surface area contributed by atoms with E-state index in [4.69, 9.17) is 9.26 Å². The summed E-state index contributed by atoms with van der Waals surface area (Å²) in [6.45, 7) is 1.84. The lowest BCUT2D eigenvalue weighted by Crippen LogP contribution is -2.35. The van der Waals surface area contributed by atoms with Crippen LogP contribution in [0.1, 0.15) is 12.8 Å². The van der Waals surface area contributed by atoms with Crippen molar-refractivity contribution in [2.75, 3.05) is 0 Å². The lowest BCUT2D eigenvalue weighted by atomic mass is 10.3. The van der Waals surface area contributed by atoms with E-state index in [0.29, 0.717) is 17.5 Å². The van der Waals surface area contributed by atoms with Crippen LogP contribution in [0.25, 0.3) is 10.7 Å². The zero-order chi connectivity index (χ0) is 16.9. The van der Waals surface area contributed by atoms with E-state index >= 15 is 0 Å². The Morgan fingerprint density at radius 3 is 2.88 bits per heavy atom. The average molecular weight is 408 g/mol. The second kappa shape index (κ2) is 7.59. The van der Waals surface area contributed by atoms with Gasteiger partial charge in [-0.2, -0.15) is 4.98 Å². The van der Waals surface area contributed by atoms with E-state index < -0.39 is 6.10 Å². The van der Waals surface area contributed by atoms with Gasteiger partial charge in [0.05, 0.1) is 11.4 Å². The van der Waals surface area contributed by atoms with E-state index in [1.807, 2.05) is 29.6 Å². The summed E-state index contributed by atoms with van der Waals surface area (Å²) in [4.78, 5) is 17.3. The van der Waals surface area contributed by atoms with Crippen LogP contribution in [0.5, 0.6) is 5.75 Å². The standard InChI is InChI=1S/C16H14BrN3O3S/c1-10(22-12-6-4-11(17)5-7-12)16(21)18-9-14-19-15(20-23-14)13-3-2-8-24-13/h2-8,10H,9H2,1H3,(H,18,21). The summed E-state index contributed by atoms with van der Waals surface area (Å²) in [5.74, 6) is 1.24. The Morgan fingerprint density at radius 2 is 2.17 bits per heavy atom. The van der Waals surface area contributed by atoms with Crippen LogP contribution in [0.15, 0.2) is 50.8 Å². The zero-order valence-corrected chi connectivity index (χ0v) is 15.1. The van der Waals surface area contributed by atoms with Gasteiger partial charge in [-0.3, -0.25) is 4.79 Å². The number of thiophene rings is 1. The van der Waals surface area contributed by atoms with Crippen LogP contribution in [0, 0.1) is 0 Å². The Morgan fingerprint density at radius 1 is 1.38 bits per heavy atom. The van der Waals surface area contributed by atoms with E-state index in [0.717, 1.165) is 9.35 Å². The largest absolute Gasteiger partial charge is 0.481 e. The first kappa shape index (κ1) is 16.7. The van der Waals surface area contributed by atoms with Crippen molar-refractivity contribution in [3.05, 3.63) is 52.1 Å². The van der Waals surface area contributed by atoms with E-state index in [1.54, 1.807) is 19.1 Å². The number of halogens is 1. The minimum absolute atomic E-state index is 0.158. The second-order valence-corrected chi connectivity index (χ2v) is 6.78. The molecule has 0 bridgehead atoms. The van der Waals surface area contributed by atoms with Crippen molar-refractivity contribution in [1.82, 2.24) is 15.5 Å². The minimum Gasteiger partial charge on any atom is -0.481 e. The number of hydrogen-bond donors (Lipinski definition) is 1. The molecule has 2 aromatic heterocycles. The highest BCUT2D eigenvalue weighted by Crippen LogP contribution is 2.21. The van der Waals surface area contributed by atoms with Crippen LogP contribution in [0.4, 0.5) is 0 Å². The van der Waals surface area contributed by atoms with Crippen LogP contribution in [-0.4, -0.2) is 22.2 Å². The molecule has 0 aliphatic heterocycles. The van der Waals surface area contributed by atoms with Crippen molar-refractivity contribution >= 4 is 33.2 Å². The number of aromatic nitrogens is 2. The van der Waals surface area contributed by atoms with Gasteiger partial charge in [0.15, 0.2) is 6.10 Å². The summed E-state index contributed by atoms with van der Waals surface area (Å²) in [5, 5.41) is 8.56. The molecule has 8 heteroatoms. The molecule has 3 rings (SSSR count). The first-order valence-electron chi connectivity index (χ1n) is 7.18. The van der Waals surface area contributed by atoms with Gasteiger partial charge in [0.2, 0.25) is 11.7 Å². The predicted octanol–water partition coefficient (Wildman–Crippen LogP) is 3.64. The van der Waals surface area contributed by atoms with Gasteiger partial charge in [-0.25, -0.2) is 0 Å². The molecule has 3 aromatic rings. The van der Waals surface area contributed by atoms with Crippen molar-refractivity contribution in [2.24, 2.45) is 0 Å². The maximum Gasteiger partial charge on any atom is 0.261 e. The summed E-state index contributed by atoms with van der Waals surface area (Å²) in [7, 11) is 0. The third kappa shape index (κ3) is 4.21. The van der Waals surface area contributed by atoms with Gasteiger partial charge < -0.3 is 14.6 Å². The molecule has 124 valence electrons. The van der Waals surface area contributed by atoms with Gasteiger partial charge in [0, 0.05) is 4.47 Å². The molecule has 2 heterocycles. The fraction of sp³-hybridized carbons (Fsp3) is 0.188. The molecule has 0 aliphatic rings. The first-order valence-corrected chi connectivity index (χ1v) is 8.85. The highest BCUT2D eigenvalue weighted by Gasteiger charge is 2.16. The van der Waals surface area contributed by atoms with Crippen molar-refractivity contribution in [3.63, 3.8) is 0 Å². The number of carbonyl (C=O) groups is 1. The van der Waals surface area contributed by atoms with Crippen LogP contribution in [0.2, 0.25) is 0 Å². The summed E-state index contributed by atoms with van der Waals surface area (Å²) in [6, 6.07) is 11.1. The highest BCUT2D eigenvalue weighted by atomic mass is 79.9. The smallest absolute Gasteiger partial charge is 0.261 e. The molecule has 0 spiro atoms. The van der Waals surface area contributed by atoms with Crippen LogP contribution >= 0.6 is 27.3 Å². The summed E-state index contributed by atoms with van der Waals surface area (Å²) in [5.41, 5.74) is 0. The van der Waals surface area contributed by atoms with Gasteiger partial charge in [-0.1, -0.05) is 27.2 Å². The number of hydrogen-bond acceptors (Lipinski definition) is 6. The van der Waals surface area contributed by atoms with E-state index in [2.05, 4.69) is 31.4 Å². The molecule has 0 saturated carbocycles. The van der Waals surface area contributed by atoms with Crippen LogP contribution < -0.4 is 10.1 Å². The molecule has 6 nitrogen and oxygen atoms in total. The number of amides is 1. The molecule has 0 radical (unpaired) electrons. The molecule has 24 heavy (non-hydrogen) atoms. The Hall–Kier alpha value is -2.19. The number of benzene rings is 1. The Labute approximate surface area is 151 Å². The molecule has 0 saturated heterocycles. The normalized spacial score (nSPS) is 11.9. The fourth-order valence-electron chi connectivity index (χ4n) is 1.91. The lowest BCUT2D eigenvalue weighted by Gasteiger charge is -2.13. The molecule has 1 unspecified atom stereocenters. The molecule has 0 fully saturated rings. The maximum absolute atomic E-state index is 12.1. The third-order valence-corrected chi connectivity index (χ3v) is 4.51. The van der Waals surface area contributed by atoms with E-state index in [-0.39, 0.29) is 12.5 Å². The third-order valence-electron chi connectivity index (χ3n) is 3.12. The van der Waals surface area contributed by atoms with E-state index in [1.165, 1.54) is 11.3 Å². The molecule has 1 aromatic carbocycles. The van der Waals surface area contributed by atoms with Gasteiger partial charge in [-0.15, -0.1) is 11.3 Å². The molecular weight excluding hydrogens is 394 g/mol. The highest BCUT2D eigenvalue weighted by molar-refractivity contribution is 9.10. The van der Waals surface area contributed by atoms with Crippen LogP contribution in [-0.2, 0) is 11.3 Å². The van der Waals surface area contributed by atoms with Crippen molar-refractivity contribution in [2.45, 2.75) is 19.6 Å². The molecule has 1 atom stereocenters. The first-order chi connectivity index (χ1) is 11.6. The maximum atomic E-state index is 12.1.